The van der Waals surface area contributed by atoms with Gasteiger partial charge in [0.25, 0.3) is 0 Å². The molecule has 1 aliphatic rings. The van der Waals surface area contributed by atoms with E-state index in [2.05, 4.69) is 25.2 Å². The number of methoxy groups -OCH3 is 1. The van der Waals surface area contributed by atoms with Crippen LogP contribution in [0.5, 0.6) is 0 Å². The molecule has 238 valence electrons. The summed E-state index contributed by atoms with van der Waals surface area (Å²) in [5.41, 5.74) is 3.02. The average Bonchev–Trinajstić information content (AvgIpc) is 3.09. The molecular weight excluding hydrogens is 584 g/mol. The van der Waals surface area contributed by atoms with Crippen LogP contribution in [0.25, 0.3) is 0 Å². The summed E-state index contributed by atoms with van der Waals surface area (Å²) in [6.45, 7) is 5.28. The zero-order chi connectivity index (χ0) is 31.5. The van der Waals surface area contributed by atoms with Crippen molar-refractivity contribution in [3.05, 3.63) is 138 Å². The standard InChI is InChI=1S/C37H44O7Si/c1-39-37-36(42-26-30-20-12-6-13-21-30)35(41-25-29-18-10-5-11-19-29)34(40-24-28-16-8-4-9-17-28)33(44-37)32(38)27-43-45(2,3)31-22-14-7-15-23-31/h4-23,32-38H,24-27H2,1-3H3/t32-,33+,34+,35-,36+,37-/m0/s1. The lowest BCUT2D eigenvalue weighted by molar-refractivity contribution is -0.330. The normalized spacial score (nSPS) is 22.6. The molecule has 1 saturated heterocycles. The van der Waals surface area contributed by atoms with Crippen LogP contribution >= 0.6 is 0 Å². The second-order valence-corrected chi connectivity index (χ2v) is 15.6. The summed E-state index contributed by atoms with van der Waals surface area (Å²) in [6, 6.07) is 40.0. The molecular formula is C37H44O7Si. The summed E-state index contributed by atoms with van der Waals surface area (Å²) >= 11 is 0. The molecule has 0 bridgehead atoms. The van der Waals surface area contributed by atoms with E-state index in [1.54, 1.807) is 7.11 Å². The second kappa shape index (κ2) is 16.4. The highest BCUT2D eigenvalue weighted by Gasteiger charge is 2.51. The van der Waals surface area contributed by atoms with Crippen molar-refractivity contribution < 1.29 is 33.2 Å². The van der Waals surface area contributed by atoms with E-state index in [4.69, 9.17) is 28.1 Å². The number of hydrogen-bond acceptors (Lipinski definition) is 7. The molecule has 0 saturated carbocycles. The van der Waals surface area contributed by atoms with Gasteiger partial charge in [0, 0.05) is 7.11 Å². The van der Waals surface area contributed by atoms with Gasteiger partial charge in [-0.25, -0.2) is 0 Å². The van der Waals surface area contributed by atoms with E-state index in [0.717, 1.165) is 21.9 Å². The molecule has 0 amide bonds. The Balaban J connectivity index is 1.42. The molecule has 0 spiro atoms. The Morgan fingerprint density at radius 1 is 0.622 bits per heavy atom. The first-order valence-electron chi connectivity index (χ1n) is 15.5. The van der Waals surface area contributed by atoms with Crippen molar-refractivity contribution in [2.75, 3.05) is 13.7 Å². The first kappa shape index (κ1) is 33.2. The SMILES string of the molecule is CO[C@H]1O[C@H]([C@@H](O)CO[Si](C)(C)c2ccccc2)[C@@H](OCc2ccccc2)[C@H](OCc2ccccc2)[C@H]1OCc1ccccc1. The maximum atomic E-state index is 11.7. The largest absolute Gasteiger partial charge is 0.410 e. The minimum Gasteiger partial charge on any atom is -0.410 e. The molecule has 0 unspecified atom stereocenters. The van der Waals surface area contributed by atoms with Gasteiger partial charge in [-0.3, -0.25) is 0 Å². The van der Waals surface area contributed by atoms with Gasteiger partial charge in [0.2, 0.25) is 8.32 Å². The second-order valence-electron chi connectivity index (χ2n) is 11.7. The predicted molar refractivity (Wildman–Crippen MR) is 176 cm³/mol. The van der Waals surface area contributed by atoms with E-state index < -0.39 is 45.1 Å². The van der Waals surface area contributed by atoms with Gasteiger partial charge in [0.1, 0.15) is 30.5 Å². The van der Waals surface area contributed by atoms with E-state index in [9.17, 15) is 5.11 Å². The van der Waals surface area contributed by atoms with Crippen molar-refractivity contribution in [1.29, 1.82) is 0 Å². The Kier molecular flexibility index (Phi) is 12.1. The third-order valence-corrected chi connectivity index (χ3v) is 10.7. The third kappa shape index (κ3) is 9.19. The number of aliphatic hydroxyl groups excluding tert-OH is 1. The fourth-order valence-electron chi connectivity index (χ4n) is 5.50. The molecule has 7 nitrogen and oxygen atoms in total. The molecule has 1 heterocycles. The van der Waals surface area contributed by atoms with Crippen LogP contribution in [0.1, 0.15) is 16.7 Å². The van der Waals surface area contributed by atoms with Crippen molar-refractivity contribution in [3.8, 4) is 0 Å². The van der Waals surface area contributed by atoms with Gasteiger partial charge in [-0.2, -0.15) is 0 Å². The zero-order valence-corrected chi connectivity index (χ0v) is 27.2. The Bertz CT molecular complexity index is 1390. The summed E-state index contributed by atoms with van der Waals surface area (Å²) in [5.74, 6) is 0. The van der Waals surface area contributed by atoms with Crippen molar-refractivity contribution in [2.45, 2.75) is 69.7 Å². The summed E-state index contributed by atoms with van der Waals surface area (Å²) in [5, 5.41) is 12.8. The fourth-order valence-corrected chi connectivity index (χ4v) is 7.25. The number of rotatable bonds is 15. The molecule has 4 aromatic carbocycles. The first-order chi connectivity index (χ1) is 21.9. The van der Waals surface area contributed by atoms with Crippen molar-refractivity contribution in [2.24, 2.45) is 0 Å². The molecule has 8 heteroatoms. The number of aliphatic hydroxyl groups is 1. The molecule has 1 N–H and O–H groups in total. The van der Waals surface area contributed by atoms with Gasteiger partial charge < -0.3 is 33.2 Å². The molecule has 45 heavy (non-hydrogen) atoms. The monoisotopic (exact) mass is 628 g/mol. The molecule has 0 radical (unpaired) electrons. The van der Waals surface area contributed by atoms with Crippen LogP contribution in [0.3, 0.4) is 0 Å². The summed E-state index contributed by atoms with van der Waals surface area (Å²) < 4.78 is 38.5. The lowest BCUT2D eigenvalue weighted by Gasteiger charge is -2.47. The van der Waals surface area contributed by atoms with E-state index >= 15 is 0 Å². The molecule has 1 aliphatic heterocycles. The third-order valence-electron chi connectivity index (χ3n) is 8.08. The lowest BCUT2D eigenvalue weighted by atomic mass is 9.94. The maximum Gasteiger partial charge on any atom is 0.218 e. The average molecular weight is 629 g/mol. The predicted octanol–water partition coefficient (Wildman–Crippen LogP) is 5.60. The van der Waals surface area contributed by atoms with Crippen molar-refractivity contribution >= 4 is 13.5 Å². The Morgan fingerprint density at radius 2 is 1.04 bits per heavy atom. The van der Waals surface area contributed by atoms with Crippen molar-refractivity contribution in [1.82, 2.24) is 0 Å². The van der Waals surface area contributed by atoms with Gasteiger partial charge in [0.15, 0.2) is 6.29 Å². The van der Waals surface area contributed by atoms with Crippen LogP contribution in [0, 0.1) is 0 Å². The van der Waals surface area contributed by atoms with E-state index in [0.29, 0.717) is 19.8 Å². The van der Waals surface area contributed by atoms with Crippen molar-refractivity contribution in [3.63, 3.8) is 0 Å². The van der Waals surface area contributed by atoms with Gasteiger partial charge in [-0.15, -0.1) is 0 Å². The van der Waals surface area contributed by atoms with E-state index in [1.165, 1.54) is 0 Å². The van der Waals surface area contributed by atoms with E-state index in [1.807, 2.05) is 109 Å². The smallest absolute Gasteiger partial charge is 0.218 e. The molecule has 6 atom stereocenters. The maximum absolute atomic E-state index is 11.7. The quantitative estimate of drug-likeness (QED) is 0.172. The molecule has 1 fully saturated rings. The van der Waals surface area contributed by atoms with Crippen LogP contribution in [0.4, 0.5) is 0 Å². The first-order valence-corrected chi connectivity index (χ1v) is 18.4. The Morgan fingerprint density at radius 3 is 1.51 bits per heavy atom. The van der Waals surface area contributed by atoms with Crippen LogP contribution < -0.4 is 5.19 Å². The number of hydrogen-bond donors (Lipinski definition) is 1. The highest BCUT2D eigenvalue weighted by Crippen LogP contribution is 2.32. The number of ether oxygens (including phenoxy) is 5. The Hall–Kier alpha value is -3.18. The summed E-state index contributed by atoms with van der Waals surface area (Å²) in [6.07, 6.45) is -4.60. The van der Waals surface area contributed by atoms with E-state index in [-0.39, 0.29) is 6.61 Å². The van der Waals surface area contributed by atoms with Crippen LogP contribution in [-0.2, 0) is 47.9 Å². The minimum atomic E-state index is -2.31. The molecule has 0 aromatic heterocycles. The fraction of sp³-hybridized carbons (Fsp3) is 0.351. The summed E-state index contributed by atoms with van der Waals surface area (Å²) in [7, 11) is -0.730. The highest BCUT2D eigenvalue weighted by molar-refractivity contribution is 6.84. The molecule has 0 aliphatic carbocycles. The van der Waals surface area contributed by atoms with Gasteiger partial charge in [-0.1, -0.05) is 121 Å². The topological polar surface area (TPSA) is 75.6 Å². The van der Waals surface area contributed by atoms with Crippen LogP contribution in [-0.4, -0.2) is 64.0 Å². The lowest BCUT2D eigenvalue weighted by Crippen LogP contribution is -2.64. The minimum absolute atomic E-state index is 0.0708. The Labute approximate surface area is 267 Å². The number of benzene rings is 4. The van der Waals surface area contributed by atoms with Crippen LogP contribution in [0.15, 0.2) is 121 Å². The van der Waals surface area contributed by atoms with Gasteiger partial charge in [-0.05, 0) is 35.0 Å². The summed E-state index contributed by atoms with van der Waals surface area (Å²) in [4.78, 5) is 0. The highest BCUT2D eigenvalue weighted by atomic mass is 28.4. The van der Waals surface area contributed by atoms with Gasteiger partial charge >= 0.3 is 0 Å². The van der Waals surface area contributed by atoms with Crippen LogP contribution in [0.2, 0.25) is 13.1 Å². The molecule has 4 aromatic rings. The molecule has 5 rings (SSSR count). The van der Waals surface area contributed by atoms with Gasteiger partial charge in [0.05, 0.1) is 26.4 Å². The zero-order valence-electron chi connectivity index (χ0n) is 26.2.